The van der Waals surface area contributed by atoms with E-state index in [9.17, 15) is 0 Å². The number of hydrogen-bond acceptors (Lipinski definition) is 7. The second-order valence-corrected chi connectivity index (χ2v) is 24.2. The van der Waals surface area contributed by atoms with Crippen molar-refractivity contribution in [1.29, 1.82) is 0 Å². The molecule has 0 aliphatic carbocycles. The molecule has 0 radical (unpaired) electrons. The lowest BCUT2D eigenvalue weighted by Crippen LogP contribution is -2.08. The molecule has 0 saturated carbocycles. The van der Waals surface area contributed by atoms with Gasteiger partial charge in [0.2, 0.25) is 5.75 Å². The van der Waals surface area contributed by atoms with Gasteiger partial charge < -0.3 is 23.7 Å². The molecule has 4 rings (SSSR count). The summed E-state index contributed by atoms with van der Waals surface area (Å²) < 4.78 is 33.2. The highest BCUT2D eigenvalue weighted by Gasteiger charge is 2.19. The molecule has 7 heteroatoms. The van der Waals surface area contributed by atoms with Crippen LogP contribution >= 0.6 is 0 Å². The minimum Gasteiger partial charge on any atom is -0.490 e. The van der Waals surface area contributed by atoms with E-state index in [1.807, 2.05) is 12.4 Å². The summed E-state index contributed by atoms with van der Waals surface area (Å²) in [4.78, 5) is 10.0. The van der Waals surface area contributed by atoms with Crippen molar-refractivity contribution >= 4 is 23.8 Å². The predicted molar refractivity (Wildman–Crippen MR) is 365 cm³/mol. The van der Waals surface area contributed by atoms with Crippen molar-refractivity contribution in [3.63, 3.8) is 0 Å². The number of aryl methyl sites for hydroxylation is 1. The standard InChI is InChI=1S/C77H122N2O5/c1-7-12-17-22-27-32-37-42-59-80-73-58-53-70(76(83-62-45-40-35-30-25-20-15-10-4)77(73)84-63-46-41-36-31-26-21-16-11-5)65-79-72-56-51-68(52-57-72)67-49-54-71(55-50-67)78-64-69-48-47-66(6)74(81-60-43-38-33-28-23-18-13-8-2)75(69)82-61-44-39-34-29-24-19-14-9-3/h47-58,64-65H,7-46,59-63H2,1-6H3. The van der Waals surface area contributed by atoms with Gasteiger partial charge in [-0.05, 0) is 98.2 Å². The van der Waals surface area contributed by atoms with Gasteiger partial charge in [0.1, 0.15) is 0 Å². The Morgan fingerprint density at radius 2 is 0.524 bits per heavy atom. The molecule has 4 aromatic carbocycles. The van der Waals surface area contributed by atoms with Crippen molar-refractivity contribution in [1.82, 2.24) is 0 Å². The number of hydrogen-bond donors (Lipinski definition) is 0. The van der Waals surface area contributed by atoms with E-state index in [0.29, 0.717) is 33.0 Å². The van der Waals surface area contributed by atoms with Crippen LogP contribution in [0.4, 0.5) is 11.4 Å². The van der Waals surface area contributed by atoms with Crippen LogP contribution in [0, 0.1) is 6.92 Å². The van der Waals surface area contributed by atoms with Gasteiger partial charge in [0.05, 0.1) is 44.4 Å². The second kappa shape index (κ2) is 49.3. The van der Waals surface area contributed by atoms with Crippen molar-refractivity contribution in [2.24, 2.45) is 9.98 Å². The van der Waals surface area contributed by atoms with E-state index in [1.54, 1.807) is 0 Å². The number of rotatable bonds is 55. The van der Waals surface area contributed by atoms with Crippen LogP contribution in [0.2, 0.25) is 0 Å². The molecule has 0 heterocycles. The third kappa shape index (κ3) is 32.1. The Kier molecular flexibility index (Phi) is 42.1. The molecule has 0 atom stereocenters. The predicted octanol–water partition coefficient (Wildman–Crippen LogP) is 24.8. The molecule has 0 bridgehead atoms. The van der Waals surface area contributed by atoms with E-state index in [2.05, 4.69) is 114 Å². The Bertz CT molecular complexity index is 2250. The fourth-order valence-corrected chi connectivity index (χ4v) is 11.0. The summed E-state index contributed by atoms with van der Waals surface area (Å²) in [5.41, 5.74) is 7.00. The van der Waals surface area contributed by atoms with Crippen LogP contribution in [0.5, 0.6) is 28.7 Å². The molecule has 84 heavy (non-hydrogen) atoms. The van der Waals surface area contributed by atoms with Gasteiger partial charge in [-0.15, -0.1) is 0 Å². The minimum atomic E-state index is 0.639. The average molecular weight is 1160 g/mol. The van der Waals surface area contributed by atoms with Crippen LogP contribution in [0.1, 0.15) is 308 Å². The third-order valence-corrected chi connectivity index (χ3v) is 16.5. The molecule has 0 aliphatic rings. The van der Waals surface area contributed by atoms with E-state index >= 15 is 0 Å². The molecule has 4 aromatic rings. The Morgan fingerprint density at radius 1 is 0.262 bits per heavy atom. The lowest BCUT2D eigenvalue weighted by Gasteiger charge is -2.19. The molecule has 0 spiro atoms. The first-order chi connectivity index (χ1) is 41.5. The zero-order valence-corrected chi connectivity index (χ0v) is 54.8. The Morgan fingerprint density at radius 3 is 0.857 bits per heavy atom. The molecule has 0 amide bonds. The topological polar surface area (TPSA) is 70.9 Å². The normalized spacial score (nSPS) is 11.6. The SMILES string of the molecule is CCCCCCCCCCOc1ccc(C=Nc2ccc(-c3ccc(N=Cc4ccc(C)c(OCCCCCCCCCC)c4OCCCCCCCCCC)cc3)cc2)c(OCCCCCCCCCC)c1OCCCCCCCCCC. The number of ether oxygens (including phenoxy) is 5. The lowest BCUT2D eigenvalue weighted by molar-refractivity contribution is 0.234. The molecular weight excluding hydrogens is 1030 g/mol. The van der Waals surface area contributed by atoms with Gasteiger partial charge in [0, 0.05) is 23.6 Å². The molecular formula is C77H122N2O5. The largest absolute Gasteiger partial charge is 0.490 e. The van der Waals surface area contributed by atoms with Gasteiger partial charge in [-0.2, -0.15) is 0 Å². The van der Waals surface area contributed by atoms with Crippen LogP contribution in [0.15, 0.2) is 82.8 Å². The first-order valence-electron chi connectivity index (χ1n) is 35.3. The highest BCUT2D eigenvalue weighted by atomic mass is 16.5. The zero-order valence-electron chi connectivity index (χ0n) is 54.8. The van der Waals surface area contributed by atoms with E-state index in [0.717, 1.165) is 100 Å². The molecule has 0 saturated heterocycles. The first-order valence-corrected chi connectivity index (χ1v) is 35.3. The number of aliphatic imine (C=N–C) groups is 2. The van der Waals surface area contributed by atoms with Crippen molar-refractivity contribution < 1.29 is 23.7 Å². The monoisotopic (exact) mass is 1150 g/mol. The van der Waals surface area contributed by atoms with Gasteiger partial charge >= 0.3 is 0 Å². The fourth-order valence-electron chi connectivity index (χ4n) is 11.0. The quantitative estimate of drug-likeness (QED) is 0.0325. The molecule has 0 aromatic heterocycles. The third-order valence-electron chi connectivity index (χ3n) is 16.5. The summed E-state index contributed by atoms with van der Waals surface area (Å²) in [5.74, 6) is 3.95. The second-order valence-electron chi connectivity index (χ2n) is 24.2. The molecule has 0 aliphatic heterocycles. The number of unbranched alkanes of at least 4 members (excludes halogenated alkanes) is 35. The smallest absolute Gasteiger partial charge is 0.204 e. The minimum absolute atomic E-state index is 0.639. The summed E-state index contributed by atoms with van der Waals surface area (Å²) >= 11 is 0. The van der Waals surface area contributed by atoms with Crippen LogP contribution in [0.25, 0.3) is 11.1 Å². The summed E-state index contributed by atoms with van der Waals surface area (Å²) in [6, 6.07) is 25.5. The number of nitrogens with zero attached hydrogens (tertiary/aromatic N) is 2. The zero-order chi connectivity index (χ0) is 59.6. The summed E-state index contributed by atoms with van der Waals surface area (Å²) in [6.07, 6.45) is 54.4. The van der Waals surface area contributed by atoms with Crippen molar-refractivity contribution in [2.75, 3.05) is 33.0 Å². The van der Waals surface area contributed by atoms with Gasteiger partial charge in [0.15, 0.2) is 23.0 Å². The number of benzene rings is 4. The van der Waals surface area contributed by atoms with Crippen molar-refractivity contribution in [3.8, 4) is 39.9 Å². The van der Waals surface area contributed by atoms with E-state index in [1.165, 1.54) is 225 Å². The molecule has 0 N–H and O–H groups in total. The van der Waals surface area contributed by atoms with Crippen molar-refractivity contribution in [3.05, 3.63) is 89.5 Å². The molecule has 470 valence electrons. The van der Waals surface area contributed by atoms with E-state index in [4.69, 9.17) is 33.7 Å². The van der Waals surface area contributed by atoms with Crippen LogP contribution in [0.3, 0.4) is 0 Å². The highest BCUT2D eigenvalue weighted by Crippen LogP contribution is 2.41. The fraction of sp³-hybridized carbons (Fsp3) is 0.662. The van der Waals surface area contributed by atoms with Crippen LogP contribution < -0.4 is 23.7 Å². The summed E-state index contributed by atoms with van der Waals surface area (Å²) in [6.45, 7) is 16.9. The van der Waals surface area contributed by atoms with E-state index in [-0.39, 0.29) is 0 Å². The molecule has 7 nitrogen and oxygen atoms in total. The summed E-state index contributed by atoms with van der Waals surface area (Å²) in [5, 5.41) is 0. The maximum absolute atomic E-state index is 6.77. The Balaban J connectivity index is 1.48. The maximum atomic E-state index is 6.77. The van der Waals surface area contributed by atoms with Crippen LogP contribution in [-0.2, 0) is 0 Å². The van der Waals surface area contributed by atoms with Crippen LogP contribution in [-0.4, -0.2) is 45.5 Å². The van der Waals surface area contributed by atoms with Gasteiger partial charge in [-0.1, -0.05) is 290 Å². The molecule has 0 fully saturated rings. The summed E-state index contributed by atoms with van der Waals surface area (Å²) in [7, 11) is 0. The van der Waals surface area contributed by atoms with Gasteiger partial charge in [0.25, 0.3) is 0 Å². The molecule has 0 unspecified atom stereocenters. The lowest BCUT2D eigenvalue weighted by atomic mass is 10.1. The Labute approximate surface area is 515 Å². The van der Waals surface area contributed by atoms with Crippen molar-refractivity contribution in [2.45, 2.75) is 298 Å². The Hall–Kier alpha value is -4.78. The highest BCUT2D eigenvalue weighted by molar-refractivity contribution is 5.89. The van der Waals surface area contributed by atoms with Gasteiger partial charge in [-0.25, -0.2) is 0 Å². The maximum Gasteiger partial charge on any atom is 0.204 e. The van der Waals surface area contributed by atoms with E-state index < -0.39 is 0 Å². The van der Waals surface area contributed by atoms with Gasteiger partial charge in [-0.3, -0.25) is 9.98 Å². The average Bonchev–Trinajstić information content (AvgIpc) is 3.58. The first kappa shape index (κ1) is 71.7.